The van der Waals surface area contributed by atoms with Gasteiger partial charge in [0.1, 0.15) is 29.6 Å². The summed E-state index contributed by atoms with van der Waals surface area (Å²) in [5.74, 6) is 1.81. The molecule has 8 heteroatoms. The number of carbonyl (C=O) groups excluding carboxylic acids is 1. The highest BCUT2D eigenvalue weighted by molar-refractivity contribution is 7.80. The zero-order chi connectivity index (χ0) is 20.6. The van der Waals surface area contributed by atoms with Crippen molar-refractivity contribution in [3.8, 4) is 22.8 Å². The summed E-state index contributed by atoms with van der Waals surface area (Å²) in [6, 6.07) is 17.8. The first-order valence-electron chi connectivity index (χ1n) is 8.75. The van der Waals surface area contributed by atoms with Gasteiger partial charge in [-0.1, -0.05) is 18.2 Å². The van der Waals surface area contributed by atoms with Crippen molar-refractivity contribution in [2.24, 2.45) is 0 Å². The van der Waals surface area contributed by atoms with E-state index in [9.17, 15) is 9.90 Å². The molecule has 29 heavy (non-hydrogen) atoms. The average molecular weight is 412 g/mol. The van der Waals surface area contributed by atoms with E-state index in [-0.39, 0.29) is 24.2 Å². The minimum absolute atomic E-state index is 0.137. The highest BCUT2D eigenvalue weighted by Crippen LogP contribution is 2.33. The first kappa shape index (κ1) is 20.4. The van der Waals surface area contributed by atoms with E-state index in [1.54, 1.807) is 49.6 Å². The molecule has 0 bridgehead atoms. The van der Waals surface area contributed by atoms with Crippen LogP contribution in [0.5, 0.6) is 11.5 Å². The molecule has 0 aliphatic carbocycles. The molecule has 1 amide bonds. The van der Waals surface area contributed by atoms with E-state index in [4.69, 9.17) is 26.1 Å². The number of methoxy groups -OCH3 is 1. The van der Waals surface area contributed by atoms with Gasteiger partial charge in [-0.15, -0.1) is 0 Å². The predicted molar refractivity (Wildman–Crippen MR) is 113 cm³/mol. The second kappa shape index (κ2) is 9.72. The number of aliphatic hydroxyl groups excluding tert-OH is 1. The first-order chi connectivity index (χ1) is 14.1. The van der Waals surface area contributed by atoms with Crippen molar-refractivity contribution < 1.29 is 23.8 Å². The van der Waals surface area contributed by atoms with Crippen LogP contribution < -0.4 is 20.1 Å². The molecular weight excluding hydrogens is 392 g/mol. The number of para-hydroxylation sites is 1. The van der Waals surface area contributed by atoms with Crippen LogP contribution in [0.3, 0.4) is 0 Å². The van der Waals surface area contributed by atoms with Crippen molar-refractivity contribution >= 4 is 28.9 Å². The number of nitrogens with one attached hydrogen (secondary N) is 2. The highest BCUT2D eigenvalue weighted by atomic mass is 32.1. The van der Waals surface area contributed by atoms with E-state index in [0.29, 0.717) is 34.3 Å². The van der Waals surface area contributed by atoms with Crippen LogP contribution in [0, 0.1) is 0 Å². The minimum atomic E-state index is -0.376. The third-order valence-electron chi connectivity index (χ3n) is 3.91. The molecule has 0 radical (unpaired) electrons. The van der Waals surface area contributed by atoms with Crippen LogP contribution in [0.15, 0.2) is 65.1 Å². The maximum absolute atomic E-state index is 12.0. The van der Waals surface area contributed by atoms with Crippen molar-refractivity contribution in [1.29, 1.82) is 0 Å². The van der Waals surface area contributed by atoms with Crippen molar-refractivity contribution in [1.82, 2.24) is 5.32 Å². The third-order valence-corrected chi connectivity index (χ3v) is 4.11. The molecule has 0 aliphatic heterocycles. The average Bonchev–Trinajstić information content (AvgIpc) is 3.22. The predicted octanol–water partition coefficient (Wildman–Crippen LogP) is 3.34. The number of anilines is 1. The van der Waals surface area contributed by atoms with Crippen molar-refractivity contribution in [2.75, 3.05) is 19.0 Å². The van der Waals surface area contributed by atoms with Gasteiger partial charge in [-0.3, -0.25) is 10.1 Å². The van der Waals surface area contributed by atoms with Crippen LogP contribution in [-0.4, -0.2) is 29.8 Å². The Kier molecular flexibility index (Phi) is 6.83. The number of thiocarbonyl (C=S) groups is 1. The molecule has 2 aromatic carbocycles. The van der Waals surface area contributed by atoms with Crippen molar-refractivity contribution in [3.63, 3.8) is 0 Å². The van der Waals surface area contributed by atoms with Gasteiger partial charge >= 0.3 is 0 Å². The number of benzene rings is 2. The second-order valence-corrected chi connectivity index (χ2v) is 6.35. The molecule has 0 fully saturated rings. The Morgan fingerprint density at radius 3 is 2.62 bits per heavy atom. The van der Waals surface area contributed by atoms with E-state index in [2.05, 4.69) is 10.6 Å². The van der Waals surface area contributed by atoms with Gasteiger partial charge in [0.2, 0.25) is 0 Å². The van der Waals surface area contributed by atoms with E-state index >= 15 is 0 Å². The maximum atomic E-state index is 12.0. The Hall–Kier alpha value is -3.36. The molecule has 3 aromatic rings. The summed E-state index contributed by atoms with van der Waals surface area (Å²) < 4.78 is 16.3. The normalized spacial score (nSPS) is 10.3. The lowest BCUT2D eigenvalue weighted by atomic mass is 10.1. The second-order valence-electron chi connectivity index (χ2n) is 5.94. The molecule has 7 nitrogen and oxygen atoms in total. The molecule has 0 saturated heterocycles. The minimum Gasteiger partial charge on any atom is -0.496 e. The van der Waals surface area contributed by atoms with Crippen LogP contribution in [0.2, 0.25) is 0 Å². The summed E-state index contributed by atoms with van der Waals surface area (Å²) >= 11 is 5.20. The lowest BCUT2D eigenvalue weighted by Crippen LogP contribution is -2.37. The highest BCUT2D eigenvalue weighted by Gasteiger charge is 2.13. The van der Waals surface area contributed by atoms with E-state index in [0.717, 1.165) is 0 Å². The lowest BCUT2D eigenvalue weighted by Gasteiger charge is -2.13. The molecule has 1 heterocycles. The number of ether oxygens (including phenoxy) is 2. The summed E-state index contributed by atoms with van der Waals surface area (Å²) in [4.78, 5) is 12.0. The van der Waals surface area contributed by atoms with Gasteiger partial charge in [0, 0.05) is 5.69 Å². The Balaban J connectivity index is 1.62. The molecule has 0 atom stereocenters. The van der Waals surface area contributed by atoms with Gasteiger partial charge in [0.05, 0.1) is 12.7 Å². The van der Waals surface area contributed by atoms with Gasteiger partial charge in [-0.05, 0) is 54.7 Å². The third kappa shape index (κ3) is 5.56. The maximum Gasteiger partial charge on any atom is 0.264 e. The summed E-state index contributed by atoms with van der Waals surface area (Å²) in [6.45, 7) is -0.350. The topological polar surface area (TPSA) is 93.0 Å². The van der Waals surface area contributed by atoms with Gasteiger partial charge in [-0.25, -0.2) is 0 Å². The van der Waals surface area contributed by atoms with Crippen molar-refractivity contribution in [2.45, 2.75) is 6.61 Å². The zero-order valence-electron chi connectivity index (χ0n) is 15.7. The Morgan fingerprint density at radius 1 is 1.14 bits per heavy atom. The number of furan rings is 1. The number of hydrogen-bond donors (Lipinski definition) is 3. The first-order valence-corrected chi connectivity index (χ1v) is 9.16. The molecular formula is C21H20N2O5S. The zero-order valence-corrected chi connectivity index (χ0v) is 16.5. The Labute approximate surface area is 173 Å². The molecule has 1 aromatic heterocycles. The van der Waals surface area contributed by atoms with Gasteiger partial charge < -0.3 is 24.3 Å². The Bertz CT molecular complexity index is 988. The SMILES string of the molecule is COc1ccc(NC(=S)NC(=O)COc2ccccc2)cc1-c1ccc(CO)o1. The summed E-state index contributed by atoms with van der Waals surface area (Å²) in [5.41, 5.74) is 1.32. The van der Waals surface area contributed by atoms with Crippen LogP contribution in [-0.2, 0) is 11.4 Å². The standard InChI is InChI=1S/C21H20N2O5S/c1-26-18-9-7-14(11-17(18)19-10-8-16(12-24)28-19)22-21(29)23-20(25)13-27-15-5-3-2-4-6-15/h2-11,24H,12-13H2,1H3,(H2,22,23,25,29). The van der Waals surface area contributed by atoms with E-state index in [1.807, 2.05) is 18.2 Å². The van der Waals surface area contributed by atoms with Crippen LogP contribution in [0.1, 0.15) is 5.76 Å². The summed E-state index contributed by atoms with van der Waals surface area (Å²) in [6.07, 6.45) is 0. The number of carbonyl (C=O) groups is 1. The number of aliphatic hydroxyl groups is 1. The molecule has 0 spiro atoms. The number of rotatable bonds is 7. The summed E-state index contributed by atoms with van der Waals surface area (Å²) in [7, 11) is 1.55. The molecule has 0 unspecified atom stereocenters. The largest absolute Gasteiger partial charge is 0.496 e. The number of hydrogen-bond acceptors (Lipinski definition) is 6. The molecule has 0 aliphatic rings. The molecule has 3 rings (SSSR count). The smallest absolute Gasteiger partial charge is 0.264 e. The lowest BCUT2D eigenvalue weighted by molar-refractivity contribution is -0.121. The van der Waals surface area contributed by atoms with E-state index < -0.39 is 0 Å². The van der Waals surface area contributed by atoms with Crippen LogP contribution in [0.25, 0.3) is 11.3 Å². The van der Waals surface area contributed by atoms with Gasteiger partial charge in [0.15, 0.2) is 11.7 Å². The number of amides is 1. The van der Waals surface area contributed by atoms with Crippen molar-refractivity contribution in [3.05, 3.63) is 66.4 Å². The van der Waals surface area contributed by atoms with Crippen LogP contribution in [0.4, 0.5) is 5.69 Å². The van der Waals surface area contributed by atoms with Gasteiger partial charge in [-0.2, -0.15) is 0 Å². The summed E-state index contributed by atoms with van der Waals surface area (Å²) in [5, 5.41) is 14.8. The van der Waals surface area contributed by atoms with Crippen LogP contribution >= 0.6 is 12.2 Å². The molecule has 0 saturated carbocycles. The molecule has 3 N–H and O–H groups in total. The van der Waals surface area contributed by atoms with E-state index in [1.165, 1.54) is 0 Å². The van der Waals surface area contributed by atoms with Gasteiger partial charge in [0.25, 0.3) is 5.91 Å². The Morgan fingerprint density at radius 2 is 1.93 bits per heavy atom. The molecule has 150 valence electrons. The fourth-order valence-electron chi connectivity index (χ4n) is 2.58. The quantitative estimate of drug-likeness (QED) is 0.513. The fourth-order valence-corrected chi connectivity index (χ4v) is 2.81. The monoisotopic (exact) mass is 412 g/mol. The fraction of sp³-hybridized carbons (Fsp3) is 0.143.